The lowest BCUT2D eigenvalue weighted by molar-refractivity contribution is -0.274. The third-order valence-electron chi connectivity index (χ3n) is 1.89. The molecule has 0 heterocycles. The van der Waals surface area contributed by atoms with Crippen molar-refractivity contribution < 1.29 is 26.7 Å². The average molecular weight is 248 g/mol. The molecule has 1 amide bonds. The quantitative estimate of drug-likeness (QED) is 0.586. The Morgan fingerprint density at radius 1 is 1.25 bits per heavy atom. The zero-order valence-electron chi connectivity index (χ0n) is 8.87. The summed E-state index contributed by atoms with van der Waals surface area (Å²) in [6.45, 7) is 0.264. The van der Waals surface area contributed by atoms with E-state index in [0.717, 1.165) is 7.05 Å². The molecule has 8 heteroatoms. The first kappa shape index (κ1) is 15.1. The van der Waals surface area contributed by atoms with Gasteiger partial charge >= 0.3 is 18.0 Å². The molecule has 0 aromatic rings. The molecule has 0 aliphatic carbocycles. The van der Waals surface area contributed by atoms with Gasteiger partial charge in [0.25, 0.3) is 0 Å². The number of nitrogens with one attached hydrogen (secondary N) is 1. The summed E-state index contributed by atoms with van der Waals surface area (Å²) in [7, 11) is 2.52. The zero-order valence-corrected chi connectivity index (χ0v) is 8.87. The van der Waals surface area contributed by atoms with Crippen LogP contribution in [0.4, 0.5) is 22.0 Å². The molecule has 0 fully saturated rings. The fourth-order valence-electron chi connectivity index (χ4n) is 0.956. The van der Waals surface area contributed by atoms with E-state index in [-0.39, 0.29) is 6.54 Å². The van der Waals surface area contributed by atoms with E-state index < -0.39 is 18.0 Å². The summed E-state index contributed by atoms with van der Waals surface area (Å²) in [5.41, 5.74) is 0. The van der Waals surface area contributed by atoms with E-state index in [2.05, 4.69) is 5.32 Å². The van der Waals surface area contributed by atoms with Gasteiger partial charge in [-0.05, 0) is 20.0 Å². The van der Waals surface area contributed by atoms with Crippen LogP contribution in [0.1, 0.15) is 6.42 Å². The number of nitrogens with zero attached hydrogens (tertiary/aromatic N) is 1. The van der Waals surface area contributed by atoms with Crippen molar-refractivity contribution in [3.05, 3.63) is 0 Å². The van der Waals surface area contributed by atoms with Crippen LogP contribution >= 0.6 is 0 Å². The van der Waals surface area contributed by atoms with Gasteiger partial charge in [-0.2, -0.15) is 22.0 Å². The molecule has 0 spiro atoms. The van der Waals surface area contributed by atoms with E-state index >= 15 is 0 Å². The molecule has 0 unspecified atom stereocenters. The smallest absolute Gasteiger partial charge is 0.340 e. The molecule has 0 aromatic carbocycles. The molecule has 0 saturated carbocycles. The molecule has 0 saturated heterocycles. The first-order valence-electron chi connectivity index (χ1n) is 4.49. The van der Waals surface area contributed by atoms with E-state index in [9.17, 15) is 26.7 Å². The van der Waals surface area contributed by atoms with Crippen molar-refractivity contribution in [3.8, 4) is 0 Å². The maximum atomic E-state index is 12.6. The van der Waals surface area contributed by atoms with Crippen LogP contribution in [-0.4, -0.2) is 50.1 Å². The average Bonchev–Trinajstić information content (AvgIpc) is 2.15. The first-order valence-corrected chi connectivity index (χ1v) is 4.49. The number of halogens is 5. The van der Waals surface area contributed by atoms with Gasteiger partial charge in [0.05, 0.1) is 0 Å². The van der Waals surface area contributed by atoms with Gasteiger partial charge in [-0.3, -0.25) is 4.79 Å². The van der Waals surface area contributed by atoms with Gasteiger partial charge < -0.3 is 10.2 Å². The van der Waals surface area contributed by atoms with Gasteiger partial charge in [-0.25, -0.2) is 0 Å². The minimum absolute atomic E-state index is 0.161. The Bertz CT molecular complexity index is 241. The van der Waals surface area contributed by atoms with Crippen LogP contribution in [0.2, 0.25) is 0 Å². The summed E-state index contributed by atoms with van der Waals surface area (Å²) < 4.78 is 60.6. The van der Waals surface area contributed by atoms with Crippen LogP contribution in [0.25, 0.3) is 0 Å². The highest BCUT2D eigenvalue weighted by atomic mass is 19.4. The summed E-state index contributed by atoms with van der Waals surface area (Å²) in [5, 5.41) is 2.68. The van der Waals surface area contributed by atoms with Gasteiger partial charge in [0.2, 0.25) is 0 Å². The fraction of sp³-hybridized carbons (Fsp3) is 0.875. The van der Waals surface area contributed by atoms with Crippen molar-refractivity contribution in [3.63, 3.8) is 0 Å². The molecule has 0 aromatic heterocycles. The molecule has 96 valence electrons. The second-order valence-corrected chi connectivity index (χ2v) is 3.26. The molecule has 1 N–H and O–H groups in total. The number of hydrogen-bond acceptors (Lipinski definition) is 2. The van der Waals surface area contributed by atoms with Crippen molar-refractivity contribution >= 4 is 5.91 Å². The van der Waals surface area contributed by atoms with Crippen LogP contribution < -0.4 is 5.32 Å². The highest BCUT2D eigenvalue weighted by Gasteiger charge is 2.64. The van der Waals surface area contributed by atoms with E-state index in [4.69, 9.17) is 0 Å². The lowest BCUT2D eigenvalue weighted by Crippen LogP contribution is -2.51. The molecule has 0 aliphatic heterocycles. The highest BCUT2D eigenvalue weighted by Crippen LogP contribution is 2.36. The summed E-state index contributed by atoms with van der Waals surface area (Å²) >= 11 is 0. The third kappa shape index (κ3) is 3.58. The van der Waals surface area contributed by atoms with Gasteiger partial charge in [-0.1, -0.05) is 0 Å². The second-order valence-electron chi connectivity index (χ2n) is 3.26. The second kappa shape index (κ2) is 5.42. The molecule has 0 aliphatic rings. The van der Waals surface area contributed by atoms with Gasteiger partial charge in [0, 0.05) is 13.6 Å². The Balaban J connectivity index is 4.43. The number of hydrogen-bond donors (Lipinski definition) is 1. The third-order valence-corrected chi connectivity index (χ3v) is 1.89. The molecule has 0 bridgehead atoms. The molecule has 0 radical (unpaired) electrons. The Labute approximate surface area is 89.6 Å². The molecule has 3 nitrogen and oxygen atoms in total. The topological polar surface area (TPSA) is 32.3 Å². The van der Waals surface area contributed by atoms with Crippen LogP contribution in [0.3, 0.4) is 0 Å². The van der Waals surface area contributed by atoms with Crippen LogP contribution in [-0.2, 0) is 4.79 Å². The maximum Gasteiger partial charge on any atom is 0.463 e. The van der Waals surface area contributed by atoms with Gasteiger partial charge in [0.15, 0.2) is 0 Å². The predicted molar refractivity (Wildman–Crippen MR) is 47.2 cm³/mol. The molecule has 0 rings (SSSR count). The summed E-state index contributed by atoms with van der Waals surface area (Å²) in [6, 6.07) is 0. The molecule has 0 atom stereocenters. The molecular weight excluding hydrogens is 235 g/mol. The normalized spacial score (nSPS) is 12.7. The van der Waals surface area contributed by atoms with Crippen LogP contribution in [0.5, 0.6) is 0 Å². The summed E-state index contributed by atoms with van der Waals surface area (Å²) in [5.74, 6) is -7.54. The maximum absolute atomic E-state index is 12.6. The van der Waals surface area contributed by atoms with E-state index in [0.29, 0.717) is 17.9 Å². The zero-order chi connectivity index (χ0) is 13.0. The van der Waals surface area contributed by atoms with Crippen molar-refractivity contribution in [2.24, 2.45) is 0 Å². The highest BCUT2D eigenvalue weighted by molar-refractivity contribution is 5.84. The minimum Gasteiger partial charge on any atom is -0.340 e. The van der Waals surface area contributed by atoms with Crippen molar-refractivity contribution in [2.75, 3.05) is 27.2 Å². The first-order chi connectivity index (χ1) is 7.14. The van der Waals surface area contributed by atoms with E-state index in [1.54, 1.807) is 7.05 Å². The lowest BCUT2D eigenvalue weighted by atomic mass is 10.2. The number of carbonyl (C=O) groups is 1. The number of amides is 1. The van der Waals surface area contributed by atoms with Crippen molar-refractivity contribution in [1.82, 2.24) is 10.2 Å². The molecular formula is C8H13F5N2O. The molecule has 16 heavy (non-hydrogen) atoms. The van der Waals surface area contributed by atoms with Crippen molar-refractivity contribution in [2.45, 2.75) is 18.5 Å². The number of alkyl halides is 5. The van der Waals surface area contributed by atoms with Crippen molar-refractivity contribution in [1.29, 1.82) is 0 Å². The minimum atomic E-state index is -5.85. The lowest BCUT2D eigenvalue weighted by Gasteiger charge is -2.24. The summed E-state index contributed by atoms with van der Waals surface area (Å²) in [4.78, 5) is 11.2. The Morgan fingerprint density at radius 3 is 2.12 bits per heavy atom. The predicted octanol–water partition coefficient (Wildman–Crippen LogP) is 1.25. The largest absolute Gasteiger partial charge is 0.463 e. The Morgan fingerprint density at radius 2 is 1.75 bits per heavy atom. The van der Waals surface area contributed by atoms with Crippen LogP contribution in [0, 0.1) is 0 Å². The van der Waals surface area contributed by atoms with E-state index in [1.165, 1.54) is 0 Å². The number of carbonyl (C=O) groups excluding carboxylic acids is 1. The van der Waals surface area contributed by atoms with Gasteiger partial charge in [-0.15, -0.1) is 0 Å². The Kier molecular flexibility index (Phi) is 5.11. The van der Waals surface area contributed by atoms with Gasteiger partial charge in [0.1, 0.15) is 0 Å². The fourth-order valence-corrected chi connectivity index (χ4v) is 0.956. The van der Waals surface area contributed by atoms with Crippen LogP contribution in [0.15, 0.2) is 0 Å². The monoisotopic (exact) mass is 248 g/mol. The van der Waals surface area contributed by atoms with E-state index in [1.807, 2.05) is 0 Å². The standard InChI is InChI=1S/C8H13F5N2O/c1-14-4-3-5-15(2)6(16)7(9,10)8(11,12)13/h14H,3-5H2,1-2H3. The number of rotatable bonds is 5. The Hall–Kier alpha value is -0.920. The summed E-state index contributed by atoms with van der Waals surface area (Å²) in [6.07, 6.45) is -5.55. The SMILES string of the molecule is CNCCCN(C)C(=O)C(F)(F)C(F)(F)F.